The Morgan fingerprint density at radius 1 is 1.50 bits per heavy atom. The number of hydrogen-bond donors (Lipinski definition) is 1. The maximum atomic E-state index is 5.50. The molecule has 4 heteroatoms. The average molecular weight is 233 g/mol. The van der Waals surface area contributed by atoms with E-state index in [2.05, 4.69) is 34.7 Å². The molecule has 0 aliphatic heterocycles. The molecule has 0 aliphatic rings. The van der Waals surface area contributed by atoms with Crippen LogP contribution in [-0.4, -0.2) is 13.1 Å². The molecule has 0 unspecified atom stereocenters. The van der Waals surface area contributed by atoms with Gasteiger partial charge in [-0.05, 0) is 29.8 Å². The van der Waals surface area contributed by atoms with Crippen LogP contribution in [0.5, 0.6) is 0 Å². The Morgan fingerprint density at radius 2 is 2.08 bits per heavy atom. The molecule has 0 atom stereocenters. The van der Waals surface area contributed by atoms with Gasteiger partial charge in [-0.2, -0.15) is 0 Å². The fraction of sp³-hybridized carbons (Fsp3) is 0.500. The van der Waals surface area contributed by atoms with E-state index in [9.17, 15) is 0 Å². The van der Waals surface area contributed by atoms with Gasteiger partial charge in [0.2, 0.25) is 5.88 Å². The number of nitrogens with zero attached hydrogens (tertiary/aromatic N) is 1. The third-order valence-electron chi connectivity index (χ3n) is 1.74. The highest BCUT2D eigenvalue weighted by molar-refractivity contribution is 9.10. The minimum Gasteiger partial charge on any atom is -0.424 e. The van der Waals surface area contributed by atoms with E-state index in [1.54, 1.807) is 6.07 Å². The molecule has 68 valence electrons. The van der Waals surface area contributed by atoms with Gasteiger partial charge in [0.15, 0.2) is 5.88 Å². The lowest BCUT2D eigenvalue weighted by molar-refractivity contribution is 0.565. The number of nitrogens with two attached hydrogens (primary N) is 1. The lowest BCUT2D eigenvalue weighted by atomic mass is 10.5. The van der Waals surface area contributed by atoms with Crippen LogP contribution >= 0.6 is 15.9 Å². The first-order chi connectivity index (χ1) is 5.69. The summed E-state index contributed by atoms with van der Waals surface area (Å²) in [6, 6.07) is 1.77. The number of hydrogen-bond acceptors (Lipinski definition) is 3. The van der Waals surface area contributed by atoms with Gasteiger partial charge < -0.3 is 15.1 Å². The average Bonchev–Trinajstić information content (AvgIpc) is 2.34. The van der Waals surface area contributed by atoms with Crippen molar-refractivity contribution in [1.82, 2.24) is 0 Å². The number of nitrogen functional groups attached to an aromatic ring is 1. The minimum absolute atomic E-state index is 0.448. The number of anilines is 2. The third kappa shape index (κ3) is 1.75. The normalized spacial score (nSPS) is 10.2. The highest BCUT2D eigenvalue weighted by Crippen LogP contribution is 2.31. The second-order valence-corrected chi connectivity index (χ2v) is 3.33. The van der Waals surface area contributed by atoms with Gasteiger partial charge >= 0.3 is 0 Å². The highest BCUT2D eigenvalue weighted by Gasteiger charge is 2.11. The van der Waals surface area contributed by atoms with E-state index in [1.165, 1.54) is 0 Å². The first kappa shape index (κ1) is 9.45. The van der Waals surface area contributed by atoms with Crippen LogP contribution in [0, 0.1) is 0 Å². The van der Waals surface area contributed by atoms with Gasteiger partial charge in [-0.1, -0.05) is 0 Å². The Bertz CT molecular complexity index is 256. The summed E-state index contributed by atoms with van der Waals surface area (Å²) in [6.45, 7) is 5.99. The molecule has 1 heterocycles. The zero-order chi connectivity index (χ0) is 9.14. The Morgan fingerprint density at radius 3 is 2.42 bits per heavy atom. The lowest BCUT2D eigenvalue weighted by Crippen LogP contribution is -2.21. The molecule has 0 bridgehead atoms. The molecule has 0 radical (unpaired) electrons. The second kappa shape index (κ2) is 3.85. The molecular formula is C8H13BrN2O. The molecule has 2 N–H and O–H groups in total. The third-order valence-corrected chi connectivity index (χ3v) is 2.31. The van der Waals surface area contributed by atoms with Crippen molar-refractivity contribution in [3.05, 3.63) is 10.5 Å². The van der Waals surface area contributed by atoms with Crippen LogP contribution in [0.25, 0.3) is 0 Å². The summed E-state index contributed by atoms with van der Waals surface area (Å²) < 4.78 is 6.24. The van der Waals surface area contributed by atoms with Crippen LogP contribution in [0.1, 0.15) is 13.8 Å². The van der Waals surface area contributed by atoms with Gasteiger partial charge in [-0.25, -0.2) is 0 Å². The summed E-state index contributed by atoms with van der Waals surface area (Å²) in [5.74, 6) is 1.27. The summed E-state index contributed by atoms with van der Waals surface area (Å²) in [6.07, 6.45) is 0. The van der Waals surface area contributed by atoms with E-state index in [-0.39, 0.29) is 0 Å². The monoisotopic (exact) mass is 232 g/mol. The van der Waals surface area contributed by atoms with E-state index in [4.69, 9.17) is 10.2 Å². The fourth-order valence-electron chi connectivity index (χ4n) is 1.10. The van der Waals surface area contributed by atoms with Gasteiger partial charge in [0.1, 0.15) is 0 Å². The van der Waals surface area contributed by atoms with Crippen LogP contribution in [0.4, 0.5) is 11.8 Å². The minimum atomic E-state index is 0.448. The molecule has 0 spiro atoms. The Kier molecular flexibility index (Phi) is 3.03. The van der Waals surface area contributed by atoms with Gasteiger partial charge in [0, 0.05) is 19.2 Å². The van der Waals surface area contributed by atoms with Crippen molar-refractivity contribution in [3.8, 4) is 0 Å². The predicted octanol–water partition coefficient (Wildman–Crippen LogP) is 2.47. The predicted molar refractivity (Wildman–Crippen MR) is 54.4 cm³/mol. The van der Waals surface area contributed by atoms with Crippen molar-refractivity contribution >= 4 is 27.7 Å². The van der Waals surface area contributed by atoms with Gasteiger partial charge in [0.05, 0.1) is 4.47 Å². The first-order valence-corrected chi connectivity index (χ1v) is 4.78. The van der Waals surface area contributed by atoms with Gasteiger partial charge in [0.25, 0.3) is 0 Å². The van der Waals surface area contributed by atoms with Crippen molar-refractivity contribution in [3.63, 3.8) is 0 Å². The molecule has 0 aliphatic carbocycles. The molecule has 0 aromatic carbocycles. The highest BCUT2D eigenvalue weighted by atomic mass is 79.9. The van der Waals surface area contributed by atoms with E-state index in [1.807, 2.05) is 0 Å². The summed E-state index contributed by atoms with van der Waals surface area (Å²) in [5.41, 5.74) is 5.50. The molecule has 1 aromatic heterocycles. The first-order valence-electron chi connectivity index (χ1n) is 3.98. The molecule has 0 saturated carbocycles. The maximum absolute atomic E-state index is 5.50. The molecule has 3 nitrogen and oxygen atoms in total. The maximum Gasteiger partial charge on any atom is 0.212 e. The topological polar surface area (TPSA) is 42.4 Å². The zero-order valence-electron chi connectivity index (χ0n) is 7.30. The molecular weight excluding hydrogens is 220 g/mol. The van der Waals surface area contributed by atoms with E-state index >= 15 is 0 Å². The van der Waals surface area contributed by atoms with E-state index in [0.29, 0.717) is 5.88 Å². The molecule has 12 heavy (non-hydrogen) atoms. The van der Waals surface area contributed by atoms with E-state index in [0.717, 1.165) is 23.4 Å². The molecule has 1 rings (SSSR count). The lowest BCUT2D eigenvalue weighted by Gasteiger charge is -2.17. The zero-order valence-corrected chi connectivity index (χ0v) is 8.89. The molecule has 0 fully saturated rings. The Hall–Kier alpha value is -0.640. The van der Waals surface area contributed by atoms with Gasteiger partial charge in [-0.3, -0.25) is 0 Å². The quantitative estimate of drug-likeness (QED) is 0.871. The van der Waals surface area contributed by atoms with Crippen molar-refractivity contribution in [2.24, 2.45) is 0 Å². The number of furan rings is 1. The second-order valence-electron chi connectivity index (χ2n) is 2.47. The van der Waals surface area contributed by atoms with Crippen LogP contribution in [0.3, 0.4) is 0 Å². The SMILES string of the molecule is CCN(CC)c1oc(N)cc1Br. The van der Waals surface area contributed by atoms with Crippen LogP contribution in [0.15, 0.2) is 15.0 Å². The summed E-state index contributed by atoms with van der Waals surface area (Å²) in [4.78, 5) is 2.10. The number of halogens is 1. The van der Waals surface area contributed by atoms with Crippen molar-refractivity contribution in [2.45, 2.75) is 13.8 Å². The standard InChI is InChI=1S/C8H13BrN2O/c1-3-11(4-2)8-6(9)5-7(10)12-8/h5H,3-4,10H2,1-2H3. The summed E-state index contributed by atoms with van der Waals surface area (Å²) in [5, 5.41) is 0. The van der Waals surface area contributed by atoms with Gasteiger partial charge in [-0.15, -0.1) is 0 Å². The largest absolute Gasteiger partial charge is 0.424 e. The van der Waals surface area contributed by atoms with Crippen LogP contribution in [-0.2, 0) is 0 Å². The van der Waals surface area contributed by atoms with Crippen LogP contribution < -0.4 is 10.6 Å². The van der Waals surface area contributed by atoms with Crippen LogP contribution in [0.2, 0.25) is 0 Å². The molecule has 0 saturated heterocycles. The summed E-state index contributed by atoms with van der Waals surface area (Å²) >= 11 is 3.38. The van der Waals surface area contributed by atoms with Crippen molar-refractivity contribution < 1.29 is 4.42 Å². The smallest absolute Gasteiger partial charge is 0.212 e. The molecule has 1 aromatic rings. The Labute approximate surface area is 80.7 Å². The van der Waals surface area contributed by atoms with E-state index < -0.39 is 0 Å². The number of rotatable bonds is 3. The van der Waals surface area contributed by atoms with Crippen molar-refractivity contribution in [2.75, 3.05) is 23.7 Å². The fourth-order valence-corrected chi connectivity index (χ4v) is 1.66. The van der Waals surface area contributed by atoms with Crippen molar-refractivity contribution in [1.29, 1.82) is 0 Å². The molecule has 0 amide bonds. The summed E-state index contributed by atoms with van der Waals surface area (Å²) in [7, 11) is 0. The Balaban J connectivity index is 2.91.